The Morgan fingerprint density at radius 3 is 2.61 bits per heavy atom. The molecule has 1 aliphatic heterocycles. The molecule has 0 amide bonds. The van der Waals surface area contributed by atoms with E-state index in [-0.39, 0.29) is 0 Å². The molecular formula is C19H27N9. The zero-order valence-corrected chi connectivity index (χ0v) is 16.4. The Labute approximate surface area is 164 Å². The van der Waals surface area contributed by atoms with Gasteiger partial charge in [-0.3, -0.25) is 4.90 Å². The van der Waals surface area contributed by atoms with Crippen LogP contribution in [0.1, 0.15) is 62.0 Å². The fourth-order valence-corrected chi connectivity index (χ4v) is 4.22. The van der Waals surface area contributed by atoms with Gasteiger partial charge in [0.15, 0.2) is 5.82 Å². The summed E-state index contributed by atoms with van der Waals surface area (Å²) in [7, 11) is 0. The third-order valence-electron chi connectivity index (χ3n) is 5.90. The second-order valence-electron chi connectivity index (χ2n) is 7.85. The van der Waals surface area contributed by atoms with Crippen LogP contribution >= 0.6 is 0 Å². The predicted molar refractivity (Wildman–Crippen MR) is 103 cm³/mol. The van der Waals surface area contributed by atoms with Gasteiger partial charge in [-0.1, -0.05) is 0 Å². The summed E-state index contributed by atoms with van der Waals surface area (Å²) in [5, 5.41) is 13.5. The van der Waals surface area contributed by atoms with Crippen LogP contribution in [0.5, 0.6) is 0 Å². The lowest BCUT2D eigenvalue weighted by molar-refractivity contribution is 0.192. The van der Waals surface area contributed by atoms with Gasteiger partial charge in [-0.25, -0.2) is 14.6 Å². The summed E-state index contributed by atoms with van der Waals surface area (Å²) in [6, 6.07) is 0.588. The molecule has 0 N–H and O–H groups in total. The van der Waals surface area contributed by atoms with Gasteiger partial charge in [0.1, 0.15) is 18.0 Å². The van der Waals surface area contributed by atoms with Crippen LogP contribution < -0.4 is 0 Å². The van der Waals surface area contributed by atoms with E-state index in [0.29, 0.717) is 12.0 Å². The average molecular weight is 381 g/mol. The molecule has 1 saturated heterocycles. The van der Waals surface area contributed by atoms with Crippen LogP contribution in [-0.4, -0.2) is 57.1 Å². The highest BCUT2D eigenvalue weighted by Gasteiger charge is 2.33. The van der Waals surface area contributed by atoms with Gasteiger partial charge in [0, 0.05) is 30.9 Å². The summed E-state index contributed by atoms with van der Waals surface area (Å²) in [5.41, 5.74) is 0. The summed E-state index contributed by atoms with van der Waals surface area (Å²) in [4.78, 5) is 11.0. The molecular weight excluding hydrogens is 354 g/mol. The van der Waals surface area contributed by atoms with E-state index in [1.54, 1.807) is 6.33 Å². The first-order valence-electron chi connectivity index (χ1n) is 10.3. The molecule has 148 valence electrons. The SMILES string of the molecule is CCn1ncnc1CN1CCC(c2nnc(Cn3ccnc3)n2C2CC2)CC1. The van der Waals surface area contributed by atoms with E-state index in [9.17, 15) is 0 Å². The second kappa shape index (κ2) is 7.46. The minimum Gasteiger partial charge on any atom is -0.330 e. The fourth-order valence-electron chi connectivity index (χ4n) is 4.22. The zero-order chi connectivity index (χ0) is 18.9. The van der Waals surface area contributed by atoms with Crippen molar-refractivity contribution >= 4 is 0 Å². The number of likely N-dealkylation sites (tertiary alicyclic amines) is 1. The van der Waals surface area contributed by atoms with Gasteiger partial charge < -0.3 is 9.13 Å². The maximum absolute atomic E-state index is 4.64. The van der Waals surface area contributed by atoms with Gasteiger partial charge in [0.2, 0.25) is 0 Å². The van der Waals surface area contributed by atoms with Gasteiger partial charge in [0.05, 0.1) is 19.4 Å². The Hall–Kier alpha value is -2.55. The number of aromatic nitrogens is 8. The average Bonchev–Trinajstić information content (AvgIpc) is 3.11. The van der Waals surface area contributed by atoms with Crippen molar-refractivity contribution in [1.82, 2.24) is 44.0 Å². The highest BCUT2D eigenvalue weighted by Crippen LogP contribution is 2.40. The lowest BCUT2D eigenvalue weighted by Gasteiger charge is -2.31. The van der Waals surface area contributed by atoms with Gasteiger partial charge in [-0.2, -0.15) is 5.10 Å². The number of aryl methyl sites for hydroxylation is 1. The molecule has 0 atom stereocenters. The van der Waals surface area contributed by atoms with Crippen molar-refractivity contribution in [3.63, 3.8) is 0 Å². The highest BCUT2D eigenvalue weighted by molar-refractivity contribution is 5.09. The van der Waals surface area contributed by atoms with Crippen LogP contribution in [0.4, 0.5) is 0 Å². The van der Waals surface area contributed by atoms with Crippen molar-refractivity contribution < 1.29 is 0 Å². The molecule has 2 fully saturated rings. The van der Waals surface area contributed by atoms with Crippen molar-refractivity contribution in [3.05, 3.63) is 42.5 Å². The Bertz CT molecular complexity index is 898. The number of rotatable bonds is 7. The Kier molecular flexibility index (Phi) is 4.67. The van der Waals surface area contributed by atoms with Crippen LogP contribution in [0, 0.1) is 0 Å². The monoisotopic (exact) mass is 381 g/mol. The summed E-state index contributed by atoms with van der Waals surface area (Å²) >= 11 is 0. The molecule has 28 heavy (non-hydrogen) atoms. The molecule has 3 aromatic heterocycles. The summed E-state index contributed by atoms with van der Waals surface area (Å²) < 4.78 is 6.48. The Morgan fingerprint density at radius 1 is 1.04 bits per heavy atom. The maximum Gasteiger partial charge on any atom is 0.153 e. The smallest absolute Gasteiger partial charge is 0.153 e. The van der Waals surface area contributed by atoms with Crippen LogP contribution in [0.2, 0.25) is 0 Å². The van der Waals surface area contributed by atoms with Crippen molar-refractivity contribution in [1.29, 1.82) is 0 Å². The summed E-state index contributed by atoms with van der Waals surface area (Å²) in [5.74, 6) is 3.80. The predicted octanol–water partition coefficient (Wildman–Crippen LogP) is 1.85. The lowest BCUT2D eigenvalue weighted by atomic mass is 9.95. The molecule has 4 heterocycles. The molecule has 9 nitrogen and oxygen atoms in total. The summed E-state index contributed by atoms with van der Waals surface area (Å²) in [6.07, 6.45) is 12.0. The number of hydrogen-bond acceptors (Lipinski definition) is 6. The van der Waals surface area contributed by atoms with Crippen LogP contribution in [-0.2, 0) is 19.6 Å². The lowest BCUT2D eigenvalue weighted by Crippen LogP contribution is -2.34. The molecule has 3 aromatic rings. The fraction of sp³-hybridized carbons (Fsp3) is 0.632. The van der Waals surface area contributed by atoms with E-state index >= 15 is 0 Å². The Balaban J connectivity index is 1.27. The molecule has 1 aliphatic carbocycles. The number of nitrogens with zero attached hydrogens (tertiary/aromatic N) is 9. The zero-order valence-electron chi connectivity index (χ0n) is 16.4. The third-order valence-corrected chi connectivity index (χ3v) is 5.90. The van der Waals surface area contributed by atoms with E-state index < -0.39 is 0 Å². The molecule has 0 spiro atoms. The molecule has 0 aromatic carbocycles. The number of hydrogen-bond donors (Lipinski definition) is 0. The van der Waals surface area contributed by atoms with Gasteiger partial charge >= 0.3 is 0 Å². The van der Waals surface area contributed by atoms with Crippen molar-refractivity contribution in [2.75, 3.05) is 13.1 Å². The Morgan fingerprint density at radius 2 is 1.89 bits per heavy atom. The minimum atomic E-state index is 0.491. The quantitative estimate of drug-likeness (QED) is 0.621. The molecule has 2 aliphatic rings. The molecule has 0 radical (unpaired) electrons. The van der Waals surface area contributed by atoms with Crippen LogP contribution in [0.15, 0.2) is 25.0 Å². The van der Waals surface area contributed by atoms with E-state index in [4.69, 9.17) is 0 Å². The van der Waals surface area contributed by atoms with E-state index in [2.05, 4.69) is 46.2 Å². The molecule has 9 heteroatoms. The van der Waals surface area contributed by atoms with E-state index in [0.717, 1.165) is 57.2 Å². The van der Waals surface area contributed by atoms with Gasteiger partial charge in [0.25, 0.3) is 0 Å². The van der Waals surface area contributed by atoms with Gasteiger partial charge in [-0.05, 0) is 45.7 Å². The molecule has 0 bridgehead atoms. The highest BCUT2D eigenvalue weighted by atomic mass is 15.4. The maximum atomic E-state index is 4.64. The minimum absolute atomic E-state index is 0.491. The van der Waals surface area contributed by atoms with Crippen molar-refractivity contribution in [2.24, 2.45) is 0 Å². The standard InChI is InChI=1S/C19H27N9/c1-2-27-17(21-13-22-27)11-25-8-5-15(6-9-25)19-24-23-18(28(19)16-3-4-16)12-26-10-7-20-14-26/h7,10,13-16H,2-6,8-9,11-12H2,1H3. The van der Waals surface area contributed by atoms with Crippen LogP contribution in [0.3, 0.4) is 0 Å². The molecule has 5 rings (SSSR count). The third kappa shape index (κ3) is 3.46. The number of piperidine rings is 1. The largest absolute Gasteiger partial charge is 0.330 e. The first-order valence-corrected chi connectivity index (χ1v) is 10.3. The van der Waals surface area contributed by atoms with Crippen molar-refractivity contribution in [3.8, 4) is 0 Å². The van der Waals surface area contributed by atoms with E-state index in [1.807, 2.05) is 23.4 Å². The number of imidazole rings is 1. The topological polar surface area (TPSA) is 82.5 Å². The first-order chi connectivity index (χ1) is 13.8. The first kappa shape index (κ1) is 17.5. The van der Waals surface area contributed by atoms with E-state index in [1.165, 1.54) is 18.7 Å². The van der Waals surface area contributed by atoms with Gasteiger partial charge in [-0.15, -0.1) is 10.2 Å². The van der Waals surface area contributed by atoms with Crippen LogP contribution in [0.25, 0.3) is 0 Å². The van der Waals surface area contributed by atoms with Crippen molar-refractivity contribution in [2.45, 2.75) is 64.2 Å². The normalized spacial score (nSPS) is 18.8. The molecule has 0 unspecified atom stereocenters. The second-order valence-corrected chi connectivity index (χ2v) is 7.85. The summed E-state index contributed by atoms with van der Waals surface area (Å²) in [6.45, 7) is 6.73. The molecule has 1 saturated carbocycles.